The van der Waals surface area contributed by atoms with Gasteiger partial charge in [0.1, 0.15) is 11.5 Å². The van der Waals surface area contributed by atoms with E-state index >= 15 is 0 Å². The Labute approximate surface area is 153 Å². The van der Waals surface area contributed by atoms with E-state index in [9.17, 15) is 9.59 Å². The van der Waals surface area contributed by atoms with Crippen LogP contribution in [0.4, 0.5) is 0 Å². The number of para-hydroxylation sites is 1. The predicted octanol–water partition coefficient (Wildman–Crippen LogP) is 2.37. The summed E-state index contributed by atoms with van der Waals surface area (Å²) >= 11 is 0. The molecule has 0 bridgehead atoms. The van der Waals surface area contributed by atoms with Gasteiger partial charge in [0.25, 0.3) is 0 Å². The van der Waals surface area contributed by atoms with Gasteiger partial charge in [0.2, 0.25) is 11.8 Å². The Kier molecular flexibility index (Phi) is 7.02. The molecule has 138 valence electrons. The van der Waals surface area contributed by atoms with Gasteiger partial charge in [-0.25, -0.2) is 0 Å². The molecule has 0 unspecified atom stereocenters. The summed E-state index contributed by atoms with van der Waals surface area (Å²) < 4.78 is 10.4. The quantitative estimate of drug-likeness (QED) is 0.788. The highest BCUT2D eigenvalue weighted by Gasteiger charge is 2.16. The van der Waals surface area contributed by atoms with Crippen LogP contribution < -0.4 is 14.8 Å². The van der Waals surface area contributed by atoms with Crippen LogP contribution in [-0.2, 0) is 22.7 Å². The molecule has 0 saturated carbocycles. The molecule has 0 saturated heterocycles. The lowest BCUT2D eigenvalue weighted by Crippen LogP contribution is -2.39. The molecule has 2 aromatic carbocycles. The minimum atomic E-state index is -0.217. The van der Waals surface area contributed by atoms with E-state index in [-0.39, 0.29) is 18.4 Å². The summed E-state index contributed by atoms with van der Waals surface area (Å²) in [7, 11) is 3.19. The molecule has 6 nitrogen and oxygen atoms in total. The molecule has 0 heterocycles. The molecule has 0 radical (unpaired) electrons. The topological polar surface area (TPSA) is 67.9 Å². The van der Waals surface area contributed by atoms with Gasteiger partial charge in [-0.05, 0) is 23.8 Å². The van der Waals surface area contributed by atoms with Crippen LogP contribution in [0.15, 0.2) is 48.5 Å². The van der Waals surface area contributed by atoms with E-state index in [0.717, 1.165) is 16.9 Å². The van der Waals surface area contributed by atoms with Crippen molar-refractivity contribution in [3.63, 3.8) is 0 Å². The van der Waals surface area contributed by atoms with E-state index < -0.39 is 0 Å². The molecule has 26 heavy (non-hydrogen) atoms. The van der Waals surface area contributed by atoms with Crippen molar-refractivity contribution in [1.29, 1.82) is 0 Å². The first-order chi connectivity index (χ1) is 12.5. The summed E-state index contributed by atoms with van der Waals surface area (Å²) in [5.41, 5.74) is 1.81. The monoisotopic (exact) mass is 356 g/mol. The largest absolute Gasteiger partial charge is 0.497 e. The second-order valence-corrected chi connectivity index (χ2v) is 5.81. The van der Waals surface area contributed by atoms with Gasteiger partial charge in [-0.2, -0.15) is 0 Å². The molecule has 0 spiro atoms. The molecule has 1 N–H and O–H groups in total. The van der Waals surface area contributed by atoms with E-state index in [0.29, 0.717) is 18.8 Å². The minimum Gasteiger partial charge on any atom is -0.497 e. The van der Waals surface area contributed by atoms with Crippen LogP contribution in [0, 0.1) is 0 Å². The standard InChI is InChI=1S/C20H24N2O4/c1-15(23)22(13-17-6-4-5-7-19(17)26-3)14-20(24)21-12-16-8-10-18(25-2)11-9-16/h4-11H,12-14H2,1-3H3,(H,21,24). The van der Waals surface area contributed by atoms with Crippen molar-refractivity contribution in [1.82, 2.24) is 10.2 Å². The third kappa shape index (κ3) is 5.51. The molecular formula is C20H24N2O4. The highest BCUT2D eigenvalue weighted by atomic mass is 16.5. The Morgan fingerprint density at radius 2 is 1.69 bits per heavy atom. The molecule has 6 heteroatoms. The predicted molar refractivity (Wildman–Crippen MR) is 98.9 cm³/mol. The highest BCUT2D eigenvalue weighted by molar-refractivity contribution is 5.83. The zero-order chi connectivity index (χ0) is 18.9. The van der Waals surface area contributed by atoms with E-state index in [1.807, 2.05) is 48.5 Å². The summed E-state index contributed by atoms with van der Waals surface area (Å²) in [5.74, 6) is 1.07. The van der Waals surface area contributed by atoms with Gasteiger partial charge in [-0.3, -0.25) is 9.59 Å². The Morgan fingerprint density at radius 3 is 2.31 bits per heavy atom. The van der Waals surface area contributed by atoms with Crippen LogP contribution in [0.3, 0.4) is 0 Å². The maximum absolute atomic E-state index is 12.2. The number of nitrogens with zero attached hydrogens (tertiary/aromatic N) is 1. The average Bonchev–Trinajstić information content (AvgIpc) is 2.66. The van der Waals surface area contributed by atoms with E-state index in [1.54, 1.807) is 14.2 Å². The third-order valence-electron chi connectivity index (χ3n) is 3.98. The zero-order valence-corrected chi connectivity index (χ0v) is 15.3. The molecule has 2 rings (SSSR count). The number of hydrogen-bond acceptors (Lipinski definition) is 4. The molecule has 0 aromatic heterocycles. The lowest BCUT2D eigenvalue weighted by atomic mass is 10.2. The lowest BCUT2D eigenvalue weighted by molar-refractivity contribution is -0.135. The third-order valence-corrected chi connectivity index (χ3v) is 3.98. The number of rotatable bonds is 8. The summed E-state index contributed by atoms with van der Waals surface area (Å²) in [6.45, 7) is 2.15. The number of nitrogens with one attached hydrogen (secondary N) is 1. The summed E-state index contributed by atoms with van der Waals surface area (Å²) in [5, 5.41) is 2.83. The van der Waals surface area contributed by atoms with Crippen LogP contribution in [0.25, 0.3) is 0 Å². The fourth-order valence-electron chi connectivity index (χ4n) is 2.49. The number of benzene rings is 2. The van der Waals surface area contributed by atoms with Gasteiger partial charge < -0.3 is 19.7 Å². The Hall–Kier alpha value is -3.02. The summed E-state index contributed by atoms with van der Waals surface area (Å²) in [4.78, 5) is 25.6. The number of amides is 2. The van der Waals surface area contributed by atoms with Gasteiger partial charge in [-0.15, -0.1) is 0 Å². The van der Waals surface area contributed by atoms with Crippen LogP contribution in [-0.4, -0.2) is 37.5 Å². The Morgan fingerprint density at radius 1 is 1.00 bits per heavy atom. The van der Waals surface area contributed by atoms with Gasteiger partial charge in [-0.1, -0.05) is 30.3 Å². The molecule has 0 fully saturated rings. The van der Waals surface area contributed by atoms with Crippen molar-refractivity contribution in [2.75, 3.05) is 20.8 Å². The van der Waals surface area contributed by atoms with E-state index in [2.05, 4.69) is 5.32 Å². The summed E-state index contributed by atoms with van der Waals surface area (Å²) in [6, 6.07) is 14.9. The van der Waals surface area contributed by atoms with Crippen molar-refractivity contribution in [2.24, 2.45) is 0 Å². The SMILES string of the molecule is COc1ccc(CNC(=O)CN(Cc2ccccc2OC)C(C)=O)cc1. The second kappa shape index (κ2) is 9.46. The van der Waals surface area contributed by atoms with Crippen LogP contribution >= 0.6 is 0 Å². The van der Waals surface area contributed by atoms with Crippen LogP contribution in [0.2, 0.25) is 0 Å². The fourth-order valence-corrected chi connectivity index (χ4v) is 2.49. The first kappa shape index (κ1) is 19.3. The number of methoxy groups -OCH3 is 2. The first-order valence-electron chi connectivity index (χ1n) is 8.30. The first-order valence-corrected chi connectivity index (χ1v) is 8.30. The van der Waals surface area contributed by atoms with Crippen molar-refractivity contribution < 1.29 is 19.1 Å². The number of carbonyl (C=O) groups is 2. The maximum Gasteiger partial charge on any atom is 0.239 e. The molecule has 2 amide bonds. The van der Waals surface area contributed by atoms with Gasteiger partial charge in [0.05, 0.1) is 20.8 Å². The van der Waals surface area contributed by atoms with Gasteiger partial charge in [0.15, 0.2) is 0 Å². The van der Waals surface area contributed by atoms with Gasteiger partial charge in [0, 0.05) is 25.6 Å². The summed E-state index contributed by atoms with van der Waals surface area (Å²) in [6.07, 6.45) is 0. The van der Waals surface area contributed by atoms with Crippen LogP contribution in [0.5, 0.6) is 11.5 Å². The van der Waals surface area contributed by atoms with E-state index in [4.69, 9.17) is 9.47 Å². The molecule has 0 aliphatic carbocycles. The van der Waals surface area contributed by atoms with Crippen molar-refractivity contribution in [3.8, 4) is 11.5 Å². The number of hydrogen-bond donors (Lipinski definition) is 1. The molecule has 2 aromatic rings. The average molecular weight is 356 g/mol. The lowest BCUT2D eigenvalue weighted by Gasteiger charge is -2.21. The Bertz CT molecular complexity index is 744. The molecule has 0 aliphatic heterocycles. The molecule has 0 aliphatic rings. The molecular weight excluding hydrogens is 332 g/mol. The molecule has 0 atom stereocenters. The maximum atomic E-state index is 12.2. The highest BCUT2D eigenvalue weighted by Crippen LogP contribution is 2.19. The Balaban J connectivity index is 1.93. The number of carbonyl (C=O) groups excluding carboxylic acids is 2. The van der Waals surface area contributed by atoms with Crippen molar-refractivity contribution >= 4 is 11.8 Å². The van der Waals surface area contributed by atoms with E-state index in [1.165, 1.54) is 11.8 Å². The van der Waals surface area contributed by atoms with Crippen LogP contribution in [0.1, 0.15) is 18.1 Å². The fraction of sp³-hybridized carbons (Fsp3) is 0.300. The smallest absolute Gasteiger partial charge is 0.239 e. The van der Waals surface area contributed by atoms with Gasteiger partial charge >= 0.3 is 0 Å². The normalized spacial score (nSPS) is 10.1. The second-order valence-electron chi connectivity index (χ2n) is 5.81. The van der Waals surface area contributed by atoms with Crippen molar-refractivity contribution in [2.45, 2.75) is 20.0 Å². The number of ether oxygens (including phenoxy) is 2. The van der Waals surface area contributed by atoms with Crippen molar-refractivity contribution in [3.05, 3.63) is 59.7 Å². The minimum absolute atomic E-state index is 0.0104. The zero-order valence-electron chi connectivity index (χ0n) is 15.3.